The van der Waals surface area contributed by atoms with Crippen molar-refractivity contribution in [3.8, 4) is 5.40 Å². The maximum atomic E-state index is 7.13. The molecule has 0 aliphatic carbocycles. The SMILES string of the molecule is N#C[S-].c1cc[c]([Sn+]([c]2ccccc2)[c]2ccccc2)cc1. The first-order chi connectivity index (χ1) is 10.9. The van der Waals surface area contributed by atoms with Crippen LogP contribution < -0.4 is 10.7 Å². The van der Waals surface area contributed by atoms with Crippen LogP contribution >= 0.6 is 0 Å². The summed E-state index contributed by atoms with van der Waals surface area (Å²) in [4.78, 5) is 0. The Balaban J connectivity index is 0.000000545. The summed E-state index contributed by atoms with van der Waals surface area (Å²) in [7, 11) is 0. The van der Waals surface area contributed by atoms with Crippen molar-refractivity contribution < 1.29 is 0 Å². The van der Waals surface area contributed by atoms with E-state index in [9.17, 15) is 0 Å². The van der Waals surface area contributed by atoms with E-state index < -0.39 is 19.8 Å². The van der Waals surface area contributed by atoms with Crippen LogP contribution in [-0.4, -0.2) is 19.8 Å². The zero-order valence-electron chi connectivity index (χ0n) is 12.0. The Morgan fingerprint density at radius 3 is 1.05 bits per heavy atom. The molecule has 0 saturated heterocycles. The van der Waals surface area contributed by atoms with E-state index in [0.29, 0.717) is 0 Å². The van der Waals surface area contributed by atoms with Crippen molar-refractivity contribution in [1.29, 1.82) is 5.26 Å². The summed E-state index contributed by atoms with van der Waals surface area (Å²) in [6.07, 6.45) is 0. The van der Waals surface area contributed by atoms with E-state index in [1.165, 1.54) is 16.1 Å². The van der Waals surface area contributed by atoms with Gasteiger partial charge in [0, 0.05) is 0 Å². The molecule has 3 aromatic rings. The van der Waals surface area contributed by atoms with Gasteiger partial charge in [0.15, 0.2) is 0 Å². The Morgan fingerprint density at radius 2 is 0.818 bits per heavy atom. The Labute approximate surface area is 144 Å². The first kappa shape index (κ1) is 16.5. The van der Waals surface area contributed by atoms with Gasteiger partial charge >= 0.3 is 121 Å². The van der Waals surface area contributed by atoms with E-state index in [1.54, 1.807) is 0 Å². The number of nitrogens with zero attached hydrogens (tertiary/aromatic N) is 1. The van der Waals surface area contributed by atoms with E-state index >= 15 is 0 Å². The quantitative estimate of drug-likeness (QED) is 0.377. The van der Waals surface area contributed by atoms with E-state index in [-0.39, 0.29) is 0 Å². The van der Waals surface area contributed by atoms with Gasteiger partial charge in [-0.1, -0.05) is 5.40 Å². The number of thiocyanates is 1. The molecule has 106 valence electrons. The minimum atomic E-state index is -1.98. The summed E-state index contributed by atoms with van der Waals surface area (Å²) in [5.74, 6) is 0. The monoisotopic (exact) mass is 409 g/mol. The molecule has 22 heavy (non-hydrogen) atoms. The third kappa shape index (κ3) is 4.59. The molecule has 0 bridgehead atoms. The van der Waals surface area contributed by atoms with Gasteiger partial charge in [-0.05, 0) is 0 Å². The molecule has 0 aliphatic heterocycles. The van der Waals surface area contributed by atoms with E-state index in [2.05, 4.69) is 104 Å². The third-order valence-corrected chi connectivity index (χ3v) is 11.0. The van der Waals surface area contributed by atoms with E-state index in [0.717, 1.165) is 0 Å². The van der Waals surface area contributed by atoms with Crippen molar-refractivity contribution >= 4 is 43.1 Å². The normalized spacial score (nSPS) is 9.05. The minimum absolute atomic E-state index is 1.33. The van der Waals surface area contributed by atoms with Crippen LogP contribution in [0, 0.1) is 10.7 Å². The van der Waals surface area contributed by atoms with Gasteiger partial charge in [-0.15, -0.1) is 0 Å². The fourth-order valence-electron chi connectivity index (χ4n) is 2.31. The number of hydrogen-bond donors (Lipinski definition) is 0. The Hall–Kier alpha value is -1.83. The second-order valence-electron chi connectivity index (χ2n) is 4.56. The third-order valence-electron chi connectivity index (χ3n) is 3.19. The average molecular weight is 408 g/mol. The van der Waals surface area contributed by atoms with Gasteiger partial charge < -0.3 is 12.6 Å². The molecule has 0 radical (unpaired) electrons. The second kappa shape index (κ2) is 9.24. The molecule has 0 atom stereocenters. The summed E-state index contributed by atoms with van der Waals surface area (Å²) in [6.45, 7) is 0. The molecule has 0 amide bonds. The van der Waals surface area contributed by atoms with Crippen LogP contribution in [0.1, 0.15) is 0 Å². The van der Waals surface area contributed by atoms with Gasteiger partial charge in [-0.3, -0.25) is 0 Å². The number of nitriles is 1. The molecule has 3 rings (SSSR count). The average Bonchev–Trinajstić information content (AvgIpc) is 2.59. The van der Waals surface area contributed by atoms with Crippen LogP contribution in [0.15, 0.2) is 91.0 Å². The summed E-state index contributed by atoms with van der Waals surface area (Å²) < 4.78 is 4.59. The molecule has 0 saturated carbocycles. The first-order valence-electron chi connectivity index (χ1n) is 6.91. The summed E-state index contributed by atoms with van der Waals surface area (Å²) in [6, 6.07) is 32.9. The molecule has 0 unspecified atom stereocenters. The topological polar surface area (TPSA) is 23.8 Å². The number of hydrogen-bond acceptors (Lipinski definition) is 2. The molecule has 3 heteroatoms. The Kier molecular flexibility index (Phi) is 6.95. The molecule has 0 N–H and O–H groups in total. The number of rotatable bonds is 3. The van der Waals surface area contributed by atoms with E-state index in [1.807, 2.05) is 0 Å². The first-order valence-corrected chi connectivity index (χ1v) is 11.6. The zero-order chi connectivity index (χ0) is 15.6. The van der Waals surface area contributed by atoms with Gasteiger partial charge in [-0.25, -0.2) is 5.26 Å². The molecule has 0 heterocycles. The van der Waals surface area contributed by atoms with Crippen LogP contribution in [0.25, 0.3) is 0 Å². The van der Waals surface area contributed by atoms with Gasteiger partial charge in [0.1, 0.15) is 0 Å². The fourth-order valence-corrected chi connectivity index (χ4v) is 9.67. The van der Waals surface area contributed by atoms with Crippen molar-refractivity contribution in [3.63, 3.8) is 0 Å². The van der Waals surface area contributed by atoms with Gasteiger partial charge in [0.05, 0.1) is 0 Å². The molecule has 0 aromatic heterocycles. The zero-order valence-corrected chi connectivity index (χ0v) is 15.7. The van der Waals surface area contributed by atoms with Gasteiger partial charge in [-0.2, -0.15) is 0 Å². The standard InChI is InChI=1S/3C6H5.CHNS.Sn/c3*1-2-4-6-5-3-1;2-1-3;/h3*1-5H;3H;/q;;;;+1/p-1. The Bertz CT molecular complexity index is 615. The molecular weight excluding hydrogens is 393 g/mol. The molecule has 3 aromatic carbocycles. The maximum absolute atomic E-state index is 7.13. The van der Waals surface area contributed by atoms with Gasteiger partial charge in [0.25, 0.3) is 0 Å². The van der Waals surface area contributed by atoms with E-state index in [4.69, 9.17) is 5.26 Å². The molecule has 0 fully saturated rings. The predicted octanol–water partition coefficient (Wildman–Crippen LogP) is 2.22. The van der Waals surface area contributed by atoms with Crippen LogP contribution in [0.3, 0.4) is 0 Å². The van der Waals surface area contributed by atoms with Gasteiger partial charge in [0.2, 0.25) is 0 Å². The van der Waals surface area contributed by atoms with Crippen LogP contribution in [-0.2, 0) is 12.6 Å². The van der Waals surface area contributed by atoms with Crippen molar-refractivity contribution in [2.24, 2.45) is 0 Å². The summed E-state index contributed by atoms with van der Waals surface area (Å²) >= 11 is 1.72. The van der Waals surface area contributed by atoms with Crippen LogP contribution in [0.5, 0.6) is 0 Å². The summed E-state index contributed by atoms with van der Waals surface area (Å²) in [5.41, 5.74) is 0. The molecule has 0 aliphatic rings. The fraction of sp³-hybridized carbons (Fsp3) is 0. The van der Waals surface area contributed by atoms with Crippen LogP contribution in [0.2, 0.25) is 0 Å². The van der Waals surface area contributed by atoms with Crippen LogP contribution in [0.4, 0.5) is 0 Å². The predicted molar refractivity (Wildman–Crippen MR) is 97.0 cm³/mol. The van der Waals surface area contributed by atoms with Crippen molar-refractivity contribution in [2.75, 3.05) is 0 Å². The number of benzene rings is 3. The van der Waals surface area contributed by atoms with Crippen molar-refractivity contribution in [1.82, 2.24) is 0 Å². The molecular formula is C19H15NSSn. The molecule has 0 spiro atoms. The summed E-state index contributed by atoms with van der Waals surface area (Å²) in [5, 5.41) is 8.47. The molecule has 1 nitrogen and oxygen atoms in total. The second-order valence-corrected chi connectivity index (χ2v) is 11.8. The Morgan fingerprint density at radius 1 is 0.591 bits per heavy atom. The van der Waals surface area contributed by atoms with Crippen molar-refractivity contribution in [3.05, 3.63) is 91.0 Å². The van der Waals surface area contributed by atoms with Crippen molar-refractivity contribution in [2.45, 2.75) is 0 Å².